The van der Waals surface area contributed by atoms with Crippen LogP contribution in [0.4, 0.5) is 0 Å². The molecule has 5 heterocycles. The molecule has 5 rings (SSSR count). The Morgan fingerprint density at radius 1 is 1.15 bits per heavy atom. The molecule has 0 aliphatic carbocycles. The maximum atomic E-state index is 6.04. The minimum Gasteiger partial charge on any atom is -0.369 e. The SMILES string of the molecule is c1cc(-c2ccncc2)n2cc([C@@H]3CN(Cc4nccs4)CCO3)nc2c1. The number of morpholine rings is 1. The van der Waals surface area contributed by atoms with E-state index in [1.807, 2.05) is 48.2 Å². The van der Waals surface area contributed by atoms with Gasteiger partial charge in [0, 0.05) is 48.8 Å². The zero-order valence-electron chi connectivity index (χ0n) is 14.7. The molecule has 1 fully saturated rings. The number of thiazole rings is 1. The van der Waals surface area contributed by atoms with Crippen LogP contribution < -0.4 is 0 Å². The van der Waals surface area contributed by atoms with Crippen LogP contribution in [0.1, 0.15) is 16.8 Å². The van der Waals surface area contributed by atoms with E-state index in [1.165, 1.54) is 0 Å². The number of ether oxygens (including phenoxy) is 1. The number of hydrogen-bond donors (Lipinski definition) is 0. The number of pyridine rings is 2. The number of imidazole rings is 1. The third kappa shape index (κ3) is 3.37. The van der Waals surface area contributed by atoms with Crippen molar-refractivity contribution in [1.82, 2.24) is 24.3 Å². The Labute approximate surface area is 161 Å². The standard InChI is InChI=1S/C20H19N5OS/c1-2-17(15-4-6-21-7-5-15)25-12-16(23-19(25)3-1)18-13-24(9-10-26-18)14-20-22-8-11-27-20/h1-8,11-12,18H,9-10,13-14H2/t18-/m0/s1. The van der Waals surface area contributed by atoms with E-state index < -0.39 is 0 Å². The van der Waals surface area contributed by atoms with E-state index in [0.29, 0.717) is 6.61 Å². The molecule has 1 saturated heterocycles. The van der Waals surface area contributed by atoms with Gasteiger partial charge in [0.05, 0.1) is 24.5 Å². The smallest absolute Gasteiger partial charge is 0.137 e. The van der Waals surface area contributed by atoms with Crippen LogP contribution >= 0.6 is 11.3 Å². The maximum Gasteiger partial charge on any atom is 0.137 e. The van der Waals surface area contributed by atoms with E-state index >= 15 is 0 Å². The van der Waals surface area contributed by atoms with E-state index in [0.717, 1.165) is 47.2 Å². The number of aromatic nitrogens is 4. The molecule has 0 bridgehead atoms. The van der Waals surface area contributed by atoms with Crippen LogP contribution in [0.25, 0.3) is 16.9 Å². The normalized spacial score (nSPS) is 18.1. The molecule has 0 amide bonds. The van der Waals surface area contributed by atoms with E-state index in [9.17, 15) is 0 Å². The average Bonchev–Trinajstić information content (AvgIpc) is 3.38. The quantitative estimate of drug-likeness (QED) is 0.545. The Bertz CT molecular complexity index is 1030. The summed E-state index contributed by atoms with van der Waals surface area (Å²) in [4.78, 5) is 15.7. The van der Waals surface area contributed by atoms with Gasteiger partial charge in [0.25, 0.3) is 0 Å². The van der Waals surface area contributed by atoms with Gasteiger partial charge >= 0.3 is 0 Å². The molecule has 0 unspecified atom stereocenters. The Morgan fingerprint density at radius 3 is 2.93 bits per heavy atom. The number of rotatable bonds is 4. The van der Waals surface area contributed by atoms with Gasteiger partial charge < -0.3 is 4.74 Å². The summed E-state index contributed by atoms with van der Waals surface area (Å²) in [6, 6.07) is 10.2. The van der Waals surface area contributed by atoms with Crippen LogP contribution in [-0.4, -0.2) is 43.9 Å². The van der Waals surface area contributed by atoms with Crippen molar-refractivity contribution in [2.75, 3.05) is 19.7 Å². The van der Waals surface area contributed by atoms with Crippen molar-refractivity contribution in [3.05, 3.63) is 71.2 Å². The topological polar surface area (TPSA) is 55.5 Å². The van der Waals surface area contributed by atoms with Crippen LogP contribution in [0, 0.1) is 0 Å². The second kappa shape index (κ2) is 7.19. The van der Waals surface area contributed by atoms with E-state index in [-0.39, 0.29) is 6.10 Å². The molecule has 0 N–H and O–H groups in total. The summed E-state index contributed by atoms with van der Waals surface area (Å²) in [5.74, 6) is 0. The summed E-state index contributed by atoms with van der Waals surface area (Å²) >= 11 is 1.70. The lowest BCUT2D eigenvalue weighted by Crippen LogP contribution is -2.37. The molecule has 0 radical (unpaired) electrons. The fourth-order valence-electron chi connectivity index (χ4n) is 3.49. The van der Waals surface area contributed by atoms with Crippen LogP contribution in [0.5, 0.6) is 0 Å². The zero-order chi connectivity index (χ0) is 18.1. The second-order valence-corrected chi connectivity index (χ2v) is 7.54. The highest BCUT2D eigenvalue weighted by Crippen LogP contribution is 2.26. The monoisotopic (exact) mass is 377 g/mol. The lowest BCUT2D eigenvalue weighted by Gasteiger charge is -2.31. The van der Waals surface area contributed by atoms with Gasteiger partial charge in [-0.05, 0) is 24.3 Å². The Hall–Kier alpha value is -2.61. The average molecular weight is 377 g/mol. The third-order valence-corrected chi connectivity index (χ3v) is 5.57. The zero-order valence-corrected chi connectivity index (χ0v) is 15.5. The van der Waals surface area contributed by atoms with Gasteiger partial charge in [-0.1, -0.05) is 6.07 Å². The molecule has 0 saturated carbocycles. The highest BCUT2D eigenvalue weighted by molar-refractivity contribution is 7.09. The minimum absolute atomic E-state index is 0.0242. The third-order valence-electron chi connectivity index (χ3n) is 4.81. The fraction of sp³-hybridized carbons (Fsp3) is 0.250. The molecule has 7 heteroatoms. The van der Waals surface area contributed by atoms with Crippen LogP contribution in [-0.2, 0) is 11.3 Å². The van der Waals surface area contributed by atoms with Gasteiger partial charge in [-0.25, -0.2) is 9.97 Å². The van der Waals surface area contributed by atoms with Crippen molar-refractivity contribution in [2.45, 2.75) is 12.6 Å². The summed E-state index contributed by atoms with van der Waals surface area (Å²) in [7, 11) is 0. The van der Waals surface area contributed by atoms with Crippen molar-refractivity contribution in [3.8, 4) is 11.3 Å². The molecule has 136 valence electrons. The first-order valence-corrected chi connectivity index (χ1v) is 9.85. The summed E-state index contributed by atoms with van der Waals surface area (Å²) in [6.07, 6.45) is 7.56. The molecule has 6 nitrogen and oxygen atoms in total. The van der Waals surface area contributed by atoms with Gasteiger partial charge in [0.2, 0.25) is 0 Å². The molecule has 0 aromatic carbocycles. The van der Waals surface area contributed by atoms with Crippen molar-refractivity contribution >= 4 is 17.0 Å². The highest BCUT2D eigenvalue weighted by Gasteiger charge is 2.25. The Balaban J connectivity index is 1.43. The lowest BCUT2D eigenvalue weighted by atomic mass is 10.2. The fourth-order valence-corrected chi connectivity index (χ4v) is 4.15. The molecule has 1 aliphatic heterocycles. The van der Waals surface area contributed by atoms with Crippen LogP contribution in [0.3, 0.4) is 0 Å². The molecular formula is C20H19N5OS. The van der Waals surface area contributed by atoms with E-state index in [1.54, 1.807) is 11.3 Å². The molecule has 4 aromatic rings. The number of hydrogen-bond acceptors (Lipinski definition) is 6. The van der Waals surface area contributed by atoms with Crippen LogP contribution in [0.15, 0.2) is 60.5 Å². The first-order valence-electron chi connectivity index (χ1n) is 8.97. The van der Waals surface area contributed by atoms with Gasteiger partial charge in [-0.3, -0.25) is 14.3 Å². The molecule has 1 aliphatic rings. The van der Waals surface area contributed by atoms with Crippen molar-refractivity contribution < 1.29 is 4.74 Å². The van der Waals surface area contributed by atoms with Gasteiger partial charge in [-0.15, -0.1) is 11.3 Å². The Morgan fingerprint density at radius 2 is 2.07 bits per heavy atom. The molecule has 1 atom stereocenters. The summed E-state index contributed by atoms with van der Waals surface area (Å²) in [5.41, 5.74) is 4.12. The molecule has 0 spiro atoms. The predicted molar refractivity (Wildman–Crippen MR) is 105 cm³/mol. The number of fused-ring (bicyclic) bond motifs is 1. The minimum atomic E-state index is -0.0242. The van der Waals surface area contributed by atoms with E-state index in [4.69, 9.17) is 9.72 Å². The molecule has 27 heavy (non-hydrogen) atoms. The van der Waals surface area contributed by atoms with Crippen molar-refractivity contribution in [3.63, 3.8) is 0 Å². The summed E-state index contributed by atoms with van der Waals surface area (Å²) < 4.78 is 8.18. The van der Waals surface area contributed by atoms with Gasteiger partial charge in [0.1, 0.15) is 16.8 Å². The first kappa shape index (κ1) is 16.6. The van der Waals surface area contributed by atoms with Gasteiger partial charge in [-0.2, -0.15) is 0 Å². The highest BCUT2D eigenvalue weighted by atomic mass is 32.1. The molecule has 4 aromatic heterocycles. The van der Waals surface area contributed by atoms with Crippen molar-refractivity contribution in [1.29, 1.82) is 0 Å². The molecular weight excluding hydrogens is 358 g/mol. The predicted octanol–water partition coefficient (Wildman–Crippen LogP) is 3.43. The van der Waals surface area contributed by atoms with Crippen molar-refractivity contribution in [2.24, 2.45) is 0 Å². The maximum absolute atomic E-state index is 6.04. The van der Waals surface area contributed by atoms with Crippen LogP contribution in [0.2, 0.25) is 0 Å². The van der Waals surface area contributed by atoms with E-state index in [2.05, 4.69) is 31.5 Å². The second-order valence-electron chi connectivity index (χ2n) is 6.56. The first-order chi connectivity index (χ1) is 13.4. The van der Waals surface area contributed by atoms with Gasteiger partial charge in [0.15, 0.2) is 0 Å². The summed E-state index contributed by atoms with van der Waals surface area (Å²) in [6.45, 7) is 3.33. The lowest BCUT2D eigenvalue weighted by molar-refractivity contribution is -0.0347. The largest absolute Gasteiger partial charge is 0.369 e. The summed E-state index contributed by atoms with van der Waals surface area (Å²) in [5, 5.41) is 3.17. The Kier molecular flexibility index (Phi) is 4.41. The number of nitrogens with zero attached hydrogens (tertiary/aromatic N) is 5.